The Morgan fingerprint density at radius 1 is 1.14 bits per heavy atom. The molecule has 0 amide bonds. The Labute approximate surface area is 208 Å². The van der Waals surface area contributed by atoms with Crippen LogP contribution in [0.3, 0.4) is 0 Å². The zero-order chi connectivity index (χ0) is 25.1. The third-order valence-electron chi connectivity index (χ3n) is 6.62. The first-order chi connectivity index (χ1) is 16.7. The number of anilines is 2. The second-order valence-electron chi connectivity index (χ2n) is 9.71. The van der Waals surface area contributed by atoms with Crippen molar-refractivity contribution in [1.29, 1.82) is 0 Å². The fourth-order valence-electron chi connectivity index (χ4n) is 4.42. The van der Waals surface area contributed by atoms with E-state index in [1.54, 1.807) is 16.4 Å². The van der Waals surface area contributed by atoms with Crippen LogP contribution >= 0.6 is 0 Å². The first kappa shape index (κ1) is 25.2. The van der Waals surface area contributed by atoms with E-state index in [0.717, 1.165) is 42.7 Å². The highest BCUT2D eigenvalue weighted by Crippen LogP contribution is 2.31. The molecule has 1 saturated heterocycles. The molecule has 0 bridgehead atoms. The van der Waals surface area contributed by atoms with E-state index in [-0.39, 0.29) is 5.41 Å². The van der Waals surface area contributed by atoms with Gasteiger partial charge in [0.15, 0.2) is 0 Å². The summed E-state index contributed by atoms with van der Waals surface area (Å²) in [7, 11) is -3.57. The number of rotatable bonds is 10. The van der Waals surface area contributed by atoms with Gasteiger partial charge in [-0.1, -0.05) is 19.0 Å². The largest absolute Gasteiger partial charge is 0.494 e. The molecule has 35 heavy (non-hydrogen) atoms. The van der Waals surface area contributed by atoms with E-state index in [4.69, 9.17) is 15.3 Å². The fraction of sp³-hybridized carbons (Fsp3) is 0.520. The number of nitrogen functional groups attached to an aromatic ring is 1. The summed E-state index contributed by atoms with van der Waals surface area (Å²) in [5, 5.41) is 4.21. The molecule has 2 N–H and O–H groups in total. The van der Waals surface area contributed by atoms with Crippen LogP contribution in [0, 0.1) is 5.41 Å². The van der Waals surface area contributed by atoms with Crippen molar-refractivity contribution in [3.8, 4) is 5.75 Å². The van der Waals surface area contributed by atoms with Gasteiger partial charge >= 0.3 is 10.2 Å². The average molecular weight is 502 g/mol. The lowest BCUT2D eigenvalue weighted by Crippen LogP contribution is -2.35. The Kier molecular flexibility index (Phi) is 7.51. The molecule has 0 radical (unpaired) electrons. The van der Waals surface area contributed by atoms with Gasteiger partial charge in [-0.3, -0.25) is 4.31 Å². The normalized spacial score (nSPS) is 18.7. The number of ether oxygens (including phenoxy) is 1. The van der Waals surface area contributed by atoms with Gasteiger partial charge in [0.05, 0.1) is 18.0 Å². The number of pyridine rings is 1. The summed E-state index contributed by atoms with van der Waals surface area (Å²) in [4.78, 5) is 9.17. The second kappa shape index (κ2) is 10.4. The van der Waals surface area contributed by atoms with Crippen LogP contribution in [0.15, 0.2) is 41.7 Å². The molecule has 2 heterocycles. The minimum atomic E-state index is -3.57. The summed E-state index contributed by atoms with van der Waals surface area (Å²) in [6.07, 6.45) is 4.91. The SMILES string of the molecule is CCO/N=C1\CCc2cc(OCCC(C)(C)CCN3CCN(c4ccnc(N)c4)S3(=O)=O)ccc21. The minimum Gasteiger partial charge on any atom is -0.494 e. The van der Waals surface area contributed by atoms with Gasteiger partial charge in [-0.25, -0.2) is 4.98 Å². The van der Waals surface area contributed by atoms with E-state index in [1.807, 2.05) is 13.0 Å². The van der Waals surface area contributed by atoms with Gasteiger partial charge in [0.1, 0.15) is 18.2 Å². The Hall–Kier alpha value is -2.85. The van der Waals surface area contributed by atoms with Crippen molar-refractivity contribution in [3.05, 3.63) is 47.7 Å². The maximum Gasteiger partial charge on any atom is 0.304 e. The molecule has 0 saturated carbocycles. The summed E-state index contributed by atoms with van der Waals surface area (Å²) in [5.41, 5.74) is 9.59. The molecule has 1 aliphatic carbocycles. The molecule has 190 valence electrons. The highest BCUT2D eigenvalue weighted by atomic mass is 32.2. The summed E-state index contributed by atoms with van der Waals surface area (Å²) >= 11 is 0. The van der Waals surface area contributed by atoms with E-state index in [9.17, 15) is 8.42 Å². The highest BCUT2D eigenvalue weighted by Gasteiger charge is 2.37. The molecule has 0 atom stereocenters. The monoisotopic (exact) mass is 501 g/mol. The van der Waals surface area contributed by atoms with Gasteiger partial charge in [0, 0.05) is 37.5 Å². The number of fused-ring (bicyclic) bond motifs is 1. The van der Waals surface area contributed by atoms with Crippen molar-refractivity contribution in [1.82, 2.24) is 9.29 Å². The van der Waals surface area contributed by atoms with Crippen LogP contribution < -0.4 is 14.8 Å². The van der Waals surface area contributed by atoms with Gasteiger partial charge in [-0.05, 0) is 67.9 Å². The maximum absolute atomic E-state index is 13.0. The van der Waals surface area contributed by atoms with Crippen LogP contribution in [-0.4, -0.2) is 56.3 Å². The van der Waals surface area contributed by atoms with Crippen molar-refractivity contribution in [2.75, 3.05) is 42.9 Å². The number of hydrogen-bond acceptors (Lipinski definition) is 7. The number of benzene rings is 1. The molecule has 1 aliphatic heterocycles. The summed E-state index contributed by atoms with van der Waals surface area (Å²) in [6.45, 7) is 8.70. The Morgan fingerprint density at radius 3 is 2.74 bits per heavy atom. The van der Waals surface area contributed by atoms with Crippen molar-refractivity contribution in [2.24, 2.45) is 10.6 Å². The molecular formula is C25H35N5O4S. The Morgan fingerprint density at radius 2 is 1.97 bits per heavy atom. The van der Waals surface area contributed by atoms with Crippen LogP contribution in [0.4, 0.5) is 11.5 Å². The molecule has 4 rings (SSSR count). The molecule has 2 aromatic rings. The van der Waals surface area contributed by atoms with E-state index < -0.39 is 10.2 Å². The van der Waals surface area contributed by atoms with Gasteiger partial charge in [0.2, 0.25) is 0 Å². The molecule has 0 unspecified atom stereocenters. The number of nitrogens with zero attached hydrogens (tertiary/aromatic N) is 4. The van der Waals surface area contributed by atoms with E-state index in [0.29, 0.717) is 44.4 Å². The molecular weight excluding hydrogens is 466 g/mol. The molecule has 0 spiro atoms. The lowest BCUT2D eigenvalue weighted by atomic mass is 9.86. The van der Waals surface area contributed by atoms with Crippen LogP contribution in [-0.2, 0) is 21.5 Å². The summed E-state index contributed by atoms with van der Waals surface area (Å²) in [5.74, 6) is 1.16. The second-order valence-corrected chi connectivity index (χ2v) is 11.6. The van der Waals surface area contributed by atoms with Crippen LogP contribution in [0.25, 0.3) is 0 Å². The zero-order valence-corrected chi connectivity index (χ0v) is 21.6. The topological polar surface area (TPSA) is 110 Å². The molecule has 1 aromatic heterocycles. The van der Waals surface area contributed by atoms with Crippen molar-refractivity contribution < 1.29 is 18.0 Å². The van der Waals surface area contributed by atoms with Crippen LogP contribution in [0.2, 0.25) is 0 Å². The molecule has 2 aliphatic rings. The van der Waals surface area contributed by atoms with E-state index in [2.05, 4.69) is 36.1 Å². The summed E-state index contributed by atoms with van der Waals surface area (Å²) < 4.78 is 35.1. The van der Waals surface area contributed by atoms with E-state index in [1.165, 1.54) is 16.1 Å². The lowest BCUT2D eigenvalue weighted by molar-refractivity contribution is 0.158. The zero-order valence-electron chi connectivity index (χ0n) is 20.7. The minimum absolute atomic E-state index is 0.0713. The molecule has 1 aromatic carbocycles. The smallest absolute Gasteiger partial charge is 0.304 e. The van der Waals surface area contributed by atoms with Gasteiger partial charge < -0.3 is 15.3 Å². The maximum atomic E-state index is 13.0. The highest BCUT2D eigenvalue weighted by molar-refractivity contribution is 7.90. The van der Waals surface area contributed by atoms with Crippen molar-refractivity contribution in [3.63, 3.8) is 0 Å². The Bertz CT molecular complexity index is 1180. The van der Waals surface area contributed by atoms with Gasteiger partial charge in [-0.15, -0.1) is 0 Å². The number of aryl methyl sites for hydroxylation is 1. The third-order valence-corrected chi connectivity index (χ3v) is 8.59. The number of oxime groups is 1. The standard InChI is InChI=1S/C25H35N5O4S/c1-4-34-28-23-8-5-19-17-21(6-7-22(19)23)33-16-11-25(2,3)10-13-29-14-15-30(35(29,31)32)20-9-12-27-24(26)18-20/h6-7,9,12,17-18H,4-5,8,10-11,13-16H2,1-3H3,(H2,26,27)/b28-23+. The molecule has 1 fully saturated rings. The Balaban J connectivity index is 1.28. The number of hydrogen-bond donors (Lipinski definition) is 1. The first-order valence-electron chi connectivity index (χ1n) is 12.1. The lowest BCUT2D eigenvalue weighted by Gasteiger charge is -2.27. The average Bonchev–Trinajstić information content (AvgIpc) is 3.35. The molecule has 9 nitrogen and oxygen atoms in total. The number of aromatic nitrogens is 1. The molecule has 10 heteroatoms. The van der Waals surface area contributed by atoms with Gasteiger partial charge in [-0.2, -0.15) is 12.7 Å². The predicted octanol–water partition coefficient (Wildman–Crippen LogP) is 3.60. The van der Waals surface area contributed by atoms with Crippen molar-refractivity contribution in [2.45, 2.75) is 46.5 Å². The quantitative estimate of drug-likeness (QED) is 0.498. The third kappa shape index (κ3) is 5.87. The van der Waals surface area contributed by atoms with Gasteiger partial charge in [0.25, 0.3) is 0 Å². The van der Waals surface area contributed by atoms with E-state index >= 15 is 0 Å². The fourth-order valence-corrected chi connectivity index (χ4v) is 6.03. The predicted molar refractivity (Wildman–Crippen MR) is 138 cm³/mol. The van der Waals surface area contributed by atoms with Crippen LogP contribution in [0.5, 0.6) is 5.75 Å². The van der Waals surface area contributed by atoms with Crippen molar-refractivity contribution >= 4 is 27.4 Å². The summed E-state index contributed by atoms with van der Waals surface area (Å²) in [6, 6.07) is 9.39. The first-order valence-corrected chi connectivity index (χ1v) is 13.5. The number of nitrogens with two attached hydrogens (primary N) is 1. The van der Waals surface area contributed by atoms with Crippen LogP contribution in [0.1, 0.15) is 51.2 Å².